The number of fused-ring (bicyclic) bond motifs is 1. The molecular formula is C20H20FN5O. The first-order chi connectivity index (χ1) is 13.2. The molecule has 3 heterocycles. The molecule has 0 unspecified atom stereocenters. The molecule has 7 heteroatoms. The summed E-state index contributed by atoms with van der Waals surface area (Å²) in [5.74, 6) is 0.316. The van der Waals surface area contributed by atoms with Crippen molar-refractivity contribution in [1.29, 1.82) is 0 Å². The van der Waals surface area contributed by atoms with Gasteiger partial charge in [-0.25, -0.2) is 4.39 Å². The summed E-state index contributed by atoms with van der Waals surface area (Å²) in [7, 11) is 1.56. The van der Waals surface area contributed by atoms with Crippen molar-refractivity contribution >= 4 is 5.65 Å². The standard InChI is InChI=1S/C20H20FN5O/c1-3-26-18(11-12-23-26)16-10-8-14(25-13-22-24-20(16)25)7-9-15-17(21)5-4-6-19(15)27-2/h4-6,8,10-13H,3,7,9H2,1-2H3. The molecule has 138 valence electrons. The highest BCUT2D eigenvalue weighted by molar-refractivity contribution is 5.75. The van der Waals surface area contributed by atoms with E-state index in [1.807, 2.05) is 34.2 Å². The van der Waals surface area contributed by atoms with Gasteiger partial charge in [0.05, 0.1) is 12.8 Å². The zero-order valence-corrected chi connectivity index (χ0v) is 15.3. The molecule has 27 heavy (non-hydrogen) atoms. The number of aryl methyl sites for hydroxylation is 2. The topological polar surface area (TPSA) is 57.2 Å². The van der Waals surface area contributed by atoms with Crippen LogP contribution in [0.25, 0.3) is 16.9 Å². The molecule has 0 aliphatic carbocycles. The van der Waals surface area contributed by atoms with Gasteiger partial charge in [-0.2, -0.15) is 5.10 Å². The lowest BCUT2D eigenvalue weighted by Crippen LogP contribution is -2.04. The zero-order chi connectivity index (χ0) is 18.8. The van der Waals surface area contributed by atoms with Crippen molar-refractivity contribution in [3.63, 3.8) is 0 Å². The molecule has 0 aliphatic rings. The van der Waals surface area contributed by atoms with Gasteiger partial charge in [-0.1, -0.05) is 6.07 Å². The molecule has 4 aromatic rings. The summed E-state index contributed by atoms with van der Waals surface area (Å²) in [6, 6.07) is 10.9. The Morgan fingerprint density at radius 2 is 2.00 bits per heavy atom. The van der Waals surface area contributed by atoms with Crippen LogP contribution in [0.1, 0.15) is 18.2 Å². The molecule has 0 radical (unpaired) electrons. The third-order valence-corrected chi connectivity index (χ3v) is 4.76. The predicted octanol–water partition coefficient (Wildman–Crippen LogP) is 3.55. The number of aromatic nitrogens is 5. The monoisotopic (exact) mass is 365 g/mol. The summed E-state index contributed by atoms with van der Waals surface area (Å²) >= 11 is 0. The lowest BCUT2D eigenvalue weighted by Gasteiger charge is -2.12. The summed E-state index contributed by atoms with van der Waals surface area (Å²) in [5.41, 5.74) is 4.32. The van der Waals surface area contributed by atoms with E-state index >= 15 is 0 Å². The second-order valence-corrected chi connectivity index (χ2v) is 6.22. The van der Waals surface area contributed by atoms with Crippen LogP contribution in [0, 0.1) is 5.82 Å². The Morgan fingerprint density at radius 3 is 2.81 bits per heavy atom. The average Bonchev–Trinajstić information content (AvgIpc) is 3.36. The van der Waals surface area contributed by atoms with E-state index in [9.17, 15) is 4.39 Å². The normalized spacial score (nSPS) is 11.2. The molecule has 0 bridgehead atoms. The minimum absolute atomic E-state index is 0.252. The Labute approximate surface area is 156 Å². The van der Waals surface area contributed by atoms with Gasteiger partial charge in [0, 0.05) is 29.6 Å². The minimum Gasteiger partial charge on any atom is -0.496 e. The van der Waals surface area contributed by atoms with E-state index < -0.39 is 0 Å². The maximum atomic E-state index is 14.2. The number of ether oxygens (including phenoxy) is 1. The molecule has 0 saturated carbocycles. The van der Waals surface area contributed by atoms with Crippen LogP contribution in [0.3, 0.4) is 0 Å². The van der Waals surface area contributed by atoms with Gasteiger partial charge < -0.3 is 4.74 Å². The van der Waals surface area contributed by atoms with E-state index in [-0.39, 0.29) is 5.82 Å². The Hall–Kier alpha value is -3.22. The summed E-state index contributed by atoms with van der Waals surface area (Å²) < 4.78 is 23.4. The molecule has 0 aliphatic heterocycles. The van der Waals surface area contributed by atoms with E-state index in [1.54, 1.807) is 31.8 Å². The zero-order valence-electron chi connectivity index (χ0n) is 15.3. The van der Waals surface area contributed by atoms with Gasteiger partial charge >= 0.3 is 0 Å². The fourth-order valence-corrected chi connectivity index (χ4v) is 3.41. The fourth-order valence-electron chi connectivity index (χ4n) is 3.41. The smallest absolute Gasteiger partial charge is 0.170 e. The Bertz CT molecular complexity index is 1090. The van der Waals surface area contributed by atoms with Gasteiger partial charge in [0.1, 0.15) is 17.9 Å². The van der Waals surface area contributed by atoms with Crippen LogP contribution in [-0.4, -0.2) is 31.5 Å². The van der Waals surface area contributed by atoms with Crippen molar-refractivity contribution in [1.82, 2.24) is 24.4 Å². The molecule has 6 nitrogen and oxygen atoms in total. The quantitative estimate of drug-likeness (QED) is 0.524. The molecule has 0 fully saturated rings. The molecule has 0 amide bonds. The number of hydrogen-bond acceptors (Lipinski definition) is 4. The van der Waals surface area contributed by atoms with E-state index in [0.717, 1.165) is 29.1 Å². The molecule has 3 aromatic heterocycles. The van der Waals surface area contributed by atoms with Crippen LogP contribution in [0.4, 0.5) is 4.39 Å². The van der Waals surface area contributed by atoms with Crippen LogP contribution < -0.4 is 4.74 Å². The van der Waals surface area contributed by atoms with Gasteiger partial charge in [0.15, 0.2) is 5.65 Å². The second-order valence-electron chi connectivity index (χ2n) is 6.22. The largest absolute Gasteiger partial charge is 0.496 e. The van der Waals surface area contributed by atoms with Crippen LogP contribution in [-0.2, 0) is 19.4 Å². The van der Waals surface area contributed by atoms with Crippen LogP contribution in [0.15, 0.2) is 48.9 Å². The first-order valence-electron chi connectivity index (χ1n) is 8.88. The molecule has 0 atom stereocenters. The van der Waals surface area contributed by atoms with E-state index in [0.29, 0.717) is 24.2 Å². The van der Waals surface area contributed by atoms with Crippen molar-refractivity contribution in [2.75, 3.05) is 7.11 Å². The highest BCUT2D eigenvalue weighted by atomic mass is 19.1. The number of halogens is 1. The summed E-state index contributed by atoms with van der Waals surface area (Å²) in [6.07, 6.45) is 4.64. The van der Waals surface area contributed by atoms with Crippen LogP contribution in [0.5, 0.6) is 5.75 Å². The van der Waals surface area contributed by atoms with Gasteiger partial charge in [-0.3, -0.25) is 9.08 Å². The number of methoxy groups -OCH3 is 1. The molecule has 0 saturated heterocycles. The first kappa shape index (κ1) is 17.2. The predicted molar refractivity (Wildman–Crippen MR) is 100 cm³/mol. The van der Waals surface area contributed by atoms with Crippen molar-refractivity contribution in [2.24, 2.45) is 0 Å². The second kappa shape index (κ2) is 7.19. The third-order valence-electron chi connectivity index (χ3n) is 4.76. The maximum absolute atomic E-state index is 14.2. The molecule has 0 spiro atoms. The Kier molecular flexibility index (Phi) is 4.58. The number of rotatable bonds is 6. The van der Waals surface area contributed by atoms with Gasteiger partial charge in [0.2, 0.25) is 0 Å². The number of benzene rings is 1. The number of nitrogens with zero attached hydrogens (tertiary/aromatic N) is 5. The van der Waals surface area contributed by atoms with E-state index in [4.69, 9.17) is 4.74 Å². The SMILES string of the molecule is CCn1nccc1-c1ccc(CCc2c(F)cccc2OC)n2cnnc12. The number of pyridine rings is 1. The van der Waals surface area contributed by atoms with Crippen LogP contribution >= 0.6 is 0 Å². The van der Waals surface area contributed by atoms with Crippen molar-refractivity contribution in [3.8, 4) is 17.0 Å². The lowest BCUT2D eigenvalue weighted by atomic mass is 10.0. The number of hydrogen-bond donors (Lipinski definition) is 0. The van der Waals surface area contributed by atoms with Gasteiger partial charge in [-0.05, 0) is 50.1 Å². The summed E-state index contributed by atoms with van der Waals surface area (Å²) in [6.45, 7) is 2.82. The summed E-state index contributed by atoms with van der Waals surface area (Å²) in [4.78, 5) is 0. The molecule has 0 N–H and O–H groups in total. The van der Waals surface area contributed by atoms with Crippen LogP contribution in [0.2, 0.25) is 0 Å². The van der Waals surface area contributed by atoms with Gasteiger partial charge in [-0.15, -0.1) is 10.2 Å². The van der Waals surface area contributed by atoms with E-state index in [2.05, 4.69) is 15.3 Å². The fraction of sp³-hybridized carbons (Fsp3) is 0.250. The highest BCUT2D eigenvalue weighted by Gasteiger charge is 2.15. The van der Waals surface area contributed by atoms with Crippen molar-refractivity contribution in [3.05, 3.63) is 66.0 Å². The molecule has 1 aromatic carbocycles. The first-order valence-corrected chi connectivity index (χ1v) is 8.88. The van der Waals surface area contributed by atoms with Crippen molar-refractivity contribution < 1.29 is 9.13 Å². The molecule has 4 rings (SSSR count). The lowest BCUT2D eigenvalue weighted by molar-refractivity contribution is 0.404. The third kappa shape index (κ3) is 3.05. The maximum Gasteiger partial charge on any atom is 0.170 e. The van der Waals surface area contributed by atoms with Gasteiger partial charge in [0.25, 0.3) is 0 Å². The summed E-state index contributed by atoms with van der Waals surface area (Å²) in [5, 5.41) is 12.7. The molecular weight excluding hydrogens is 345 g/mol. The average molecular weight is 365 g/mol. The Balaban J connectivity index is 1.69. The Morgan fingerprint density at radius 1 is 1.11 bits per heavy atom. The van der Waals surface area contributed by atoms with Crippen molar-refractivity contribution in [2.45, 2.75) is 26.3 Å². The minimum atomic E-state index is -0.252. The highest BCUT2D eigenvalue weighted by Crippen LogP contribution is 2.26. The van der Waals surface area contributed by atoms with E-state index in [1.165, 1.54) is 6.07 Å².